The minimum atomic E-state index is -0.273. The van der Waals surface area contributed by atoms with Crippen LogP contribution in [0.1, 0.15) is 43.1 Å². The number of halogens is 3. The van der Waals surface area contributed by atoms with Crippen LogP contribution in [0.3, 0.4) is 0 Å². The normalized spacial score (nSPS) is 12.2. The summed E-state index contributed by atoms with van der Waals surface area (Å²) in [6.07, 6.45) is 2.41. The summed E-state index contributed by atoms with van der Waals surface area (Å²) in [5.41, 5.74) is 2.94. The van der Waals surface area contributed by atoms with E-state index >= 15 is 0 Å². The molecule has 1 N–H and O–H groups in total. The first kappa shape index (κ1) is 28.2. The molecular weight excluding hydrogens is 680 g/mol. The molecule has 1 atom stereocenters. The second-order valence-corrected chi connectivity index (χ2v) is 11.4. The number of anilines is 1. The van der Waals surface area contributed by atoms with Gasteiger partial charge in [-0.1, -0.05) is 47.5 Å². The molecule has 0 saturated heterocycles. The van der Waals surface area contributed by atoms with Crippen LogP contribution in [0.4, 0.5) is 5.69 Å². The zero-order valence-electron chi connectivity index (χ0n) is 21.0. The Morgan fingerprint density at radius 1 is 1.11 bits per heavy atom. The van der Waals surface area contributed by atoms with Crippen molar-refractivity contribution in [3.05, 3.63) is 95.3 Å². The Bertz CT molecular complexity index is 1560. The SMILES string of the molecule is CC[C@@H](C)c1nc2ccc(Br)cc2c(=O)n1N=Cc1cc(Br)c(OCC(=O)Nc2ccc(C)cc2)c(Br)c1. The topological polar surface area (TPSA) is 85.6 Å². The molecule has 1 amide bonds. The Morgan fingerprint density at radius 3 is 2.45 bits per heavy atom. The van der Waals surface area contributed by atoms with Crippen molar-refractivity contribution in [1.29, 1.82) is 0 Å². The van der Waals surface area contributed by atoms with Crippen molar-refractivity contribution >= 4 is 76.5 Å². The Balaban J connectivity index is 1.57. The number of amides is 1. The van der Waals surface area contributed by atoms with E-state index in [1.807, 2.05) is 57.2 Å². The monoisotopic (exact) mass is 702 g/mol. The van der Waals surface area contributed by atoms with Crippen molar-refractivity contribution in [3.8, 4) is 5.75 Å². The number of rotatable bonds is 8. The molecule has 0 fully saturated rings. The number of hydrogen-bond donors (Lipinski definition) is 1. The molecule has 0 bridgehead atoms. The zero-order valence-corrected chi connectivity index (χ0v) is 25.7. The van der Waals surface area contributed by atoms with Crippen LogP contribution < -0.4 is 15.6 Å². The molecule has 10 heteroatoms. The molecule has 196 valence electrons. The Morgan fingerprint density at radius 2 is 1.79 bits per heavy atom. The van der Waals surface area contributed by atoms with E-state index in [4.69, 9.17) is 9.72 Å². The van der Waals surface area contributed by atoms with Gasteiger partial charge >= 0.3 is 0 Å². The maximum atomic E-state index is 13.3. The first-order chi connectivity index (χ1) is 18.2. The summed E-state index contributed by atoms with van der Waals surface area (Å²) in [5.74, 6) is 0.844. The maximum absolute atomic E-state index is 13.3. The standard InChI is InChI=1S/C28H25Br3N4O3/c1-4-17(3)27-34-24-10-7-19(29)13-21(24)28(37)35(27)32-14-18-11-22(30)26(23(31)12-18)38-15-25(36)33-20-8-5-16(2)6-9-20/h5-14,17H,4,15H2,1-3H3,(H,33,36)/t17-/m1/s1. The zero-order chi connectivity index (χ0) is 27.4. The number of benzene rings is 3. The number of hydrogen-bond acceptors (Lipinski definition) is 5. The second-order valence-electron chi connectivity index (χ2n) is 8.82. The van der Waals surface area contributed by atoms with E-state index in [1.165, 1.54) is 4.68 Å². The van der Waals surface area contributed by atoms with Gasteiger partial charge in [-0.05, 0) is 93.2 Å². The smallest absolute Gasteiger partial charge is 0.282 e. The van der Waals surface area contributed by atoms with Crippen molar-refractivity contribution in [3.63, 3.8) is 0 Å². The number of nitrogens with one attached hydrogen (secondary N) is 1. The maximum Gasteiger partial charge on any atom is 0.282 e. The van der Waals surface area contributed by atoms with Crippen molar-refractivity contribution in [2.75, 3.05) is 11.9 Å². The lowest BCUT2D eigenvalue weighted by molar-refractivity contribution is -0.118. The van der Waals surface area contributed by atoms with Gasteiger partial charge in [-0.2, -0.15) is 9.78 Å². The molecule has 4 rings (SSSR count). The minimum absolute atomic E-state index is 0.0354. The van der Waals surface area contributed by atoms with E-state index in [-0.39, 0.29) is 24.0 Å². The van der Waals surface area contributed by atoms with Gasteiger partial charge in [0.25, 0.3) is 11.5 Å². The molecule has 0 radical (unpaired) electrons. The van der Waals surface area contributed by atoms with Crippen LogP contribution in [0.15, 0.2) is 77.9 Å². The summed E-state index contributed by atoms with van der Waals surface area (Å²) in [6.45, 7) is 5.89. The molecule has 1 aromatic heterocycles. The lowest BCUT2D eigenvalue weighted by Gasteiger charge is -2.14. The molecule has 38 heavy (non-hydrogen) atoms. The molecule has 7 nitrogen and oxygen atoms in total. The quantitative estimate of drug-likeness (QED) is 0.194. The summed E-state index contributed by atoms with van der Waals surface area (Å²) >= 11 is 10.5. The predicted octanol–water partition coefficient (Wildman–Crippen LogP) is 7.41. The number of carbonyl (C=O) groups is 1. The number of ether oxygens (including phenoxy) is 1. The van der Waals surface area contributed by atoms with Crippen LogP contribution in [-0.4, -0.2) is 28.4 Å². The molecule has 0 aliphatic carbocycles. The summed E-state index contributed by atoms with van der Waals surface area (Å²) in [6, 6.07) is 16.6. The highest BCUT2D eigenvalue weighted by atomic mass is 79.9. The highest BCUT2D eigenvalue weighted by Gasteiger charge is 2.16. The van der Waals surface area contributed by atoms with Gasteiger partial charge in [0.2, 0.25) is 0 Å². The van der Waals surface area contributed by atoms with Crippen molar-refractivity contribution < 1.29 is 9.53 Å². The third kappa shape index (κ3) is 6.59. The third-order valence-electron chi connectivity index (χ3n) is 5.91. The van der Waals surface area contributed by atoms with Crippen LogP contribution in [0, 0.1) is 6.92 Å². The molecule has 0 unspecified atom stereocenters. The van der Waals surface area contributed by atoms with Crippen LogP contribution in [0.5, 0.6) is 5.75 Å². The predicted molar refractivity (Wildman–Crippen MR) is 163 cm³/mol. The Kier molecular flexibility index (Phi) is 9.17. The van der Waals surface area contributed by atoms with Crippen molar-refractivity contribution in [1.82, 2.24) is 9.66 Å². The van der Waals surface area contributed by atoms with Gasteiger partial charge in [0.05, 0.1) is 26.1 Å². The fourth-order valence-corrected chi connectivity index (χ4v) is 5.48. The summed E-state index contributed by atoms with van der Waals surface area (Å²) < 4.78 is 9.19. The molecule has 0 aliphatic heterocycles. The largest absolute Gasteiger partial charge is 0.481 e. The highest BCUT2D eigenvalue weighted by Crippen LogP contribution is 2.34. The average molecular weight is 705 g/mol. The van der Waals surface area contributed by atoms with E-state index in [0.29, 0.717) is 37.1 Å². The highest BCUT2D eigenvalue weighted by molar-refractivity contribution is 9.11. The number of aromatic nitrogens is 2. The molecule has 3 aromatic carbocycles. The van der Waals surface area contributed by atoms with Gasteiger partial charge in [0.1, 0.15) is 11.6 Å². The molecule has 0 saturated carbocycles. The van der Waals surface area contributed by atoms with Crippen LogP contribution in [0.2, 0.25) is 0 Å². The first-order valence-electron chi connectivity index (χ1n) is 11.9. The number of carbonyl (C=O) groups excluding carboxylic acids is 1. The van der Waals surface area contributed by atoms with Crippen LogP contribution in [0.25, 0.3) is 10.9 Å². The molecule has 4 aromatic rings. The van der Waals surface area contributed by atoms with Crippen LogP contribution >= 0.6 is 47.8 Å². The summed E-state index contributed by atoms with van der Waals surface area (Å²) in [4.78, 5) is 30.4. The van der Waals surface area contributed by atoms with Gasteiger partial charge < -0.3 is 10.1 Å². The minimum Gasteiger partial charge on any atom is -0.481 e. The van der Waals surface area contributed by atoms with Gasteiger partial charge in [-0.3, -0.25) is 9.59 Å². The van der Waals surface area contributed by atoms with E-state index in [1.54, 1.807) is 24.4 Å². The van der Waals surface area contributed by atoms with Gasteiger partial charge in [-0.25, -0.2) is 4.98 Å². The second kappa shape index (κ2) is 12.4. The molecule has 1 heterocycles. The lowest BCUT2D eigenvalue weighted by atomic mass is 10.1. The summed E-state index contributed by atoms with van der Waals surface area (Å²) in [7, 11) is 0. The molecule has 0 aliphatic rings. The third-order valence-corrected chi connectivity index (χ3v) is 7.58. The lowest BCUT2D eigenvalue weighted by Crippen LogP contribution is -2.23. The Hall–Kier alpha value is -2.82. The Labute approximate surface area is 245 Å². The summed E-state index contributed by atoms with van der Waals surface area (Å²) in [5, 5.41) is 7.82. The number of aryl methyl sites for hydroxylation is 1. The van der Waals surface area contributed by atoms with Gasteiger partial charge in [-0.15, -0.1) is 0 Å². The van der Waals surface area contributed by atoms with Gasteiger partial charge in [0, 0.05) is 16.1 Å². The number of nitrogens with zero attached hydrogens (tertiary/aromatic N) is 3. The average Bonchev–Trinajstić information content (AvgIpc) is 2.88. The molecule has 0 spiro atoms. The fourth-order valence-electron chi connectivity index (χ4n) is 3.67. The van der Waals surface area contributed by atoms with Crippen molar-refractivity contribution in [2.24, 2.45) is 5.10 Å². The molecular formula is C28H25Br3N4O3. The fraction of sp³-hybridized carbons (Fsp3) is 0.214. The van der Waals surface area contributed by atoms with E-state index in [0.717, 1.165) is 22.0 Å². The number of fused-ring (bicyclic) bond motifs is 1. The van der Waals surface area contributed by atoms with E-state index < -0.39 is 0 Å². The van der Waals surface area contributed by atoms with Gasteiger partial charge in [0.15, 0.2) is 6.61 Å². The van der Waals surface area contributed by atoms with Crippen LogP contribution in [-0.2, 0) is 4.79 Å². The van der Waals surface area contributed by atoms with Crippen molar-refractivity contribution in [2.45, 2.75) is 33.1 Å². The van der Waals surface area contributed by atoms with E-state index in [2.05, 4.69) is 58.2 Å². The van der Waals surface area contributed by atoms with E-state index in [9.17, 15) is 9.59 Å². The first-order valence-corrected chi connectivity index (χ1v) is 14.3.